The summed E-state index contributed by atoms with van der Waals surface area (Å²) in [5, 5.41) is 0. The van der Waals surface area contributed by atoms with E-state index in [1.165, 1.54) is 4.74 Å². The van der Waals surface area contributed by atoms with Crippen molar-refractivity contribution < 1.29 is 4.52 Å². The van der Waals surface area contributed by atoms with Gasteiger partial charge in [0.25, 0.3) is 0 Å². The van der Waals surface area contributed by atoms with Crippen molar-refractivity contribution in [3.63, 3.8) is 0 Å². The Morgan fingerprint density at radius 1 is 1.67 bits per heavy atom. The zero-order valence-corrected chi connectivity index (χ0v) is 6.44. The highest BCUT2D eigenvalue weighted by Gasteiger charge is 2.07. The van der Waals surface area contributed by atoms with Crippen molar-refractivity contribution in [3.8, 4) is 11.5 Å². The Hall–Kier alpha value is -1.78. The summed E-state index contributed by atoms with van der Waals surface area (Å²) in [5.74, 6) is -0.0768. The monoisotopic (exact) mass is 165 g/mol. The number of hydrogen-bond acceptors (Lipinski definition) is 3. The standard InChI is InChI=1S/C7H7N3O2/c1-10-6(9-7(11)12-10)5-3-2-4-8-5/h2-4,8H,1H3. The second-order valence-corrected chi connectivity index (χ2v) is 2.37. The molecule has 0 bridgehead atoms. The summed E-state index contributed by atoms with van der Waals surface area (Å²) in [6.45, 7) is 0. The molecule has 5 heteroatoms. The highest BCUT2D eigenvalue weighted by molar-refractivity contribution is 5.48. The average Bonchev–Trinajstić information content (AvgIpc) is 2.58. The van der Waals surface area contributed by atoms with Gasteiger partial charge >= 0.3 is 5.76 Å². The summed E-state index contributed by atoms with van der Waals surface area (Å²) in [4.78, 5) is 17.3. The van der Waals surface area contributed by atoms with Gasteiger partial charge in [-0.1, -0.05) is 0 Å². The molecule has 0 aliphatic heterocycles. The van der Waals surface area contributed by atoms with Gasteiger partial charge in [0.15, 0.2) is 5.82 Å². The smallest absolute Gasteiger partial charge is 0.359 e. The van der Waals surface area contributed by atoms with Crippen LogP contribution in [0.5, 0.6) is 0 Å². The number of nitrogens with zero attached hydrogens (tertiary/aromatic N) is 2. The van der Waals surface area contributed by atoms with E-state index in [1.807, 2.05) is 12.1 Å². The van der Waals surface area contributed by atoms with Crippen LogP contribution in [0.3, 0.4) is 0 Å². The summed E-state index contributed by atoms with van der Waals surface area (Å²) < 4.78 is 6.00. The van der Waals surface area contributed by atoms with Gasteiger partial charge in [-0.25, -0.2) is 4.79 Å². The van der Waals surface area contributed by atoms with Crippen molar-refractivity contribution in [1.29, 1.82) is 0 Å². The lowest BCUT2D eigenvalue weighted by Gasteiger charge is -1.92. The minimum atomic E-state index is -0.581. The number of nitrogens with one attached hydrogen (secondary N) is 1. The first kappa shape index (κ1) is 6.90. The summed E-state index contributed by atoms with van der Waals surface area (Å²) in [7, 11) is 1.63. The quantitative estimate of drug-likeness (QED) is 0.663. The Morgan fingerprint density at radius 3 is 3.00 bits per heavy atom. The summed E-state index contributed by atoms with van der Waals surface area (Å²) >= 11 is 0. The van der Waals surface area contributed by atoms with Crippen LogP contribution in [-0.2, 0) is 7.05 Å². The van der Waals surface area contributed by atoms with E-state index in [0.717, 1.165) is 5.69 Å². The third-order valence-electron chi connectivity index (χ3n) is 1.55. The second-order valence-electron chi connectivity index (χ2n) is 2.37. The molecule has 0 unspecified atom stereocenters. The lowest BCUT2D eigenvalue weighted by Crippen LogP contribution is -1.94. The Morgan fingerprint density at radius 2 is 2.50 bits per heavy atom. The molecule has 2 aromatic rings. The van der Waals surface area contributed by atoms with Crippen molar-refractivity contribution in [2.45, 2.75) is 0 Å². The van der Waals surface area contributed by atoms with Gasteiger partial charge in [0.1, 0.15) is 0 Å². The van der Waals surface area contributed by atoms with Crippen molar-refractivity contribution in [2.75, 3.05) is 0 Å². The van der Waals surface area contributed by atoms with Crippen LogP contribution in [-0.4, -0.2) is 14.7 Å². The first-order valence-electron chi connectivity index (χ1n) is 3.45. The molecule has 62 valence electrons. The van der Waals surface area contributed by atoms with Crippen LogP contribution in [0.1, 0.15) is 0 Å². The molecule has 0 aromatic carbocycles. The van der Waals surface area contributed by atoms with Crippen molar-refractivity contribution in [3.05, 3.63) is 28.9 Å². The number of aromatic nitrogens is 3. The van der Waals surface area contributed by atoms with Crippen LogP contribution in [0.15, 0.2) is 27.6 Å². The maximum absolute atomic E-state index is 10.7. The van der Waals surface area contributed by atoms with E-state index in [0.29, 0.717) is 5.82 Å². The van der Waals surface area contributed by atoms with Gasteiger partial charge in [0, 0.05) is 13.2 Å². The third-order valence-corrected chi connectivity index (χ3v) is 1.55. The fourth-order valence-corrected chi connectivity index (χ4v) is 1.04. The minimum Gasteiger partial charge on any atom is -0.359 e. The summed E-state index contributed by atoms with van der Waals surface area (Å²) in [5.41, 5.74) is 0.767. The number of aryl methyl sites for hydroxylation is 1. The Kier molecular flexibility index (Phi) is 1.36. The van der Waals surface area contributed by atoms with E-state index >= 15 is 0 Å². The zero-order chi connectivity index (χ0) is 8.55. The maximum Gasteiger partial charge on any atom is 0.460 e. The minimum absolute atomic E-state index is 0.505. The zero-order valence-electron chi connectivity index (χ0n) is 6.44. The highest BCUT2D eigenvalue weighted by atomic mass is 16.5. The number of rotatable bonds is 1. The van der Waals surface area contributed by atoms with Crippen LogP contribution in [0.4, 0.5) is 0 Å². The molecule has 2 rings (SSSR count). The summed E-state index contributed by atoms with van der Waals surface area (Å²) in [6.07, 6.45) is 1.76. The molecule has 0 atom stereocenters. The maximum atomic E-state index is 10.7. The second kappa shape index (κ2) is 2.37. The SMILES string of the molecule is Cn1oc(=O)nc1-c1ccc[nH]1. The molecule has 12 heavy (non-hydrogen) atoms. The van der Waals surface area contributed by atoms with Gasteiger partial charge in [-0.2, -0.15) is 9.72 Å². The van der Waals surface area contributed by atoms with Crippen molar-refractivity contribution in [2.24, 2.45) is 7.05 Å². The molecule has 0 amide bonds. The van der Waals surface area contributed by atoms with Crippen molar-refractivity contribution >= 4 is 0 Å². The lowest BCUT2D eigenvalue weighted by molar-refractivity contribution is 0.286. The van der Waals surface area contributed by atoms with E-state index in [4.69, 9.17) is 0 Å². The van der Waals surface area contributed by atoms with E-state index < -0.39 is 5.76 Å². The highest BCUT2D eigenvalue weighted by Crippen LogP contribution is 2.10. The molecular weight excluding hydrogens is 158 g/mol. The van der Waals surface area contributed by atoms with Crippen LogP contribution < -0.4 is 5.76 Å². The topological polar surface area (TPSA) is 63.8 Å². The molecule has 0 fully saturated rings. The number of hydrogen-bond donors (Lipinski definition) is 1. The normalized spacial score (nSPS) is 10.4. The molecule has 2 heterocycles. The molecule has 2 aromatic heterocycles. The van der Waals surface area contributed by atoms with Gasteiger partial charge in [0.05, 0.1) is 5.69 Å². The van der Waals surface area contributed by atoms with Crippen molar-refractivity contribution in [1.82, 2.24) is 14.7 Å². The Bertz CT molecular complexity index is 424. The van der Waals surface area contributed by atoms with E-state index in [1.54, 1.807) is 13.2 Å². The lowest BCUT2D eigenvalue weighted by atomic mass is 10.4. The van der Waals surface area contributed by atoms with E-state index in [-0.39, 0.29) is 0 Å². The predicted octanol–water partition coefficient (Wildman–Crippen LogP) is 0.368. The first-order valence-corrected chi connectivity index (χ1v) is 3.45. The Balaban J connectivity index is 2.61. The molecule has 5 nitrogen and oxygen atoms in total. The molecule has 0 radical (unpaired) electrons. The van der Waals surface area contributed by atoms with Gasteiger partial charge in [-0.3, -0.25) is 0 Å². The Labute approximate surface area is 67.6 Å². The number of H-pyrrole nitrogens is 1. The molecule has 0 saturated heterocycles. The number of aromatic amines is 1. The first-order chi connectivity index (χ1) is 5.77. The van der Waals surface area contributed by atoms with Crippen LogP contribution in [0.25, 0.3) is 11.5 Å². The molecular formula is C7H7N3O2. The molecule has 0 aliphatic carbocycles. The third kappa shape index (κ3) is 0.952. The van der Waals surface area contributed by atoms with Gasteiger partial charge < -0.3 is 9.51 Å². The molecule has 0 aliphatic rings. The fourth-order valence-electron chi connectivity index (χ4n) is 1.04. The van der Waals surface area contributed by atoms with E-state index in [2.05, 4.69) is 14.5 Å². The van der Waals surface area contributed by atoms with Crippen LogP contribution in [0, 0.1) is 0 Å². The average molecular weight is 165 g/mol. The van der Waals surface area contributed by atoms with Gasteiger partial charge in [0.2, 0.25) is 0 Å². The van der Waals surface area contributed by atoms with Gasteiger partial charge in [-0.05, 0) is 12.1 Å². The van der Waals surface area contributed by atoms with E-state index in [9.17, 15) is 4.79 Å². The van der Waals surface area contributed by atoms with Crippen LogP contribution in [0.2, 0.25) is 0 Å². The van der Waals surface area contributed by atoms with Crippen LogP contribution >= 0.6 is 0 Å². The van der Waals surface area contributed by atoms with Gasteiger partial charge in [-0.15, -0.1) is 0 Å². The molecule has 1 N–H and O–H groups in total. The largest absolute Gasteiger partial charge is 0.460 e. The molecule has 0 saturated carbocycles. The molecule has 0 spiro atoms. The predicted molar refractivity (Wildman–Crippen MR) is 41.5 cm³/mol. The summed E-state index contributed by atoms with van der Waals surface area (Å²) in [6, 6.07) is 3.64. The fraction of sp³-hybridized carbons (Fsp3) is 0.143.